The van der Waals surface area contributed by atoms with Gasteiger partial charge in [0.15, 0.2) is 0 Å². The van der Waals surface area contributed by atoms with Crippen LogP contribution in [-0.4, -0.2) is 14.5 Å². The lowest BCUT2D eigenvalue weighted by atomic mass is 9.84. The zero-order valence-corrected chi connectivity index (χ0v) is 15.3. The first-order valence-electron chi connectivity index (χ1n) is 6.89. The Kier molecular flexibility index (Phi) is 5.94. The Morgan fingerprint density at radius 3 is 2.55 bits per heavy atom. The van der Waals surface area contributed by atoms with Gasteiger partial charge in [-0.15, -0.1) is 11.3 Å². The number of hydrogen-bond donors (Lipinski definition) is 1. The van der Waals surface area contributed by atoms with E-state index in [0.29, 0.717) is 8.81 Å². The van der Waals surface area contributed by atoms with E-state index in [2.05, 4.69) is 27.6 Å². The van der Waals surface area contributed by atoms with Gasteiger partial charge in [0.2, 0.25) is 10.0 Å². The molecule has 114 valence electrons. The van der Waals surface area contributed by atoms with Crippen molar-refractivity contribution in [2.45, 2.75) is 55.7 Å². The van der Waals surface area contributed by atoms with E-state index in [1.807, 2.05) is 0 Å². The Morgan fingerprint density at radius 1 is 1.40 bits per heavy atom. The molecule has 0 amide bonds. The van der Waals surface area contributed by atoms with Crippen molar-refractivity contribution in [1.29, 1.82) is 0 Å². The van der Waals surface area contributed by atoms with E-state index in [-0.39, 0.29) is 10.3 Å². The van der Waals surface area contributed by atoms with Gasteiger partial charge in [-0.1, -0.05) is 31.4 Å². The van der Waals surface area contributed by atoms with Crippen LogP contribution >= 0.6 is 38.9 Å². The first-order valence-corrected chi connectivity index (χ1v) is 10.4. The molecule has 0 spiro atoms. The van der Waals surface area contributed by atoms with Gasteiger partial charge in [0.25, 0.3) is 0 Å². The van der Waals surface area contributed by atoms with E-state index >= 15 is 0 Å². The third-order valence-corrected chi connectivity index (χ3v) is 8.22. The van der Waals surface area contributed by atoms with Gasteiger partial charge in [-0.3, -0.25) is 0 Å². The summed E-state index contributed by atoms with van der Waals surface area (Å²) in [5.41, 5.74) is 0. The number of rotatable bonds is 5. The molecule has 1 aromatic heterocycles. The molecule has 0 aromatic carbocycles. The molecule has 1 heterocycles. The fourth-order valence-electron chi connectivity index (χ4n) is 2.71. The summed E-state index contributed by atoms with van der Waals surface area (Å²) in [6.07, 6.45) is 6.58. The maximum Gasteiger partial charge on any atom is 0.250 e. The second-order valence-electron chi connectivity index (χ2n) is 5.31. The number of sulfonamides is 1. The molecule has 1 aromatic rings. The molecule has 0 atom stereocenters. The van der Waals surface area contributed by atoms with Gasteiger partial charge in [0.1, 0.15) is 4.21 Å². The van der Waals surface area contributed by atoms with E-state index in [0.717, 1.165) is 42.9 Å². The minimum atomic E-state index is -3.44. The van der Waals surface area contributed by atoms with Crippen LogP contribution in [0.5, 0.6) is 0 Å². The van der Waals surface area contributed by atoms with E-state index in [4.69, 9.17) is 11.6 Å². The van der Waals surface area contributed by atoms with E-state index in [1.54, 1.807) is 0 Å². The Hall–Kier alpha value is 0.380. The lowest BCUT2D eigenvalue weighted by Gasteiger charge is -2.28. The Morgan fingerprint density at radius 2 is 2.05 bits per heavy atom. The van der Waals surface area contributed by atoms with E-state index in [9.17, 15) is 8.42 Å². The summed E-state index contributed by atoms with van der Waals surface area (Å²) < 4.78 is 28.3. The minimum absolute atomic E-state index is 0.0627. The SMILES string of the molecule is CCCC1CCC(NS(=O)(=O)c2cc(Cl)c(Br)s2)CC1. The topological polar surface area (TPSA) is 46.2 Å². The van der Waals surface area contributed by atoms with Gasteiger partial charge in [-0.25, -0.2) is 13.1 Å². The monoisotopic (exact) mass is 399 g/mol. The zero-order valence-electron chi connectivity index (χ0n) is 11.4. The fraction of sp³-hybridized carbons (Fsp3) is 0.692. The predicted molar refractivity (Wildman–Crippen MR) is 88.0 cm³/mol. The van der Waals surface area contributed by atoms with Gasteiger partial charge in [-0.05, 0) is 53.6 Å². The molecule has 1 N–H and O–H groups in total. The number of halogens is 2. The Balaban J connectivity index is 1.96. The van der Waals surface area contributed by atoms with Crippen molar-refractivity contribution in [3.63, 3.8) is 0 Å². The van der Waals surface area contributed by atoms with Crippen molar-refractivity contribution in [3.8, 4) is 0 Å². The van der Waals surface area contributed by atoms with Crippen LogP contribution in [-0.2, 0) is 10.0 Å². The summed E-state index contributed by atoms with van der Waals surface area (Å²) in [6, 6.07) is 1.56. The average Bonchev–Trinajstić information content (AvgIpc) is 2.73. The highest BCUT2D eigenvalue weighted by Crippen LogP contribution is 2.35. The van der Waals surface area contributed by atoms with Crippen LogP contribution in [0, 0.1) is 5.92 Å². The van der Waals surface area contributed by atoms with Crippen molar-refractivity contribution in [3.05, 3.63) is 14.9 Å². The molecule has 0 bridgehead atoms. The average molecular weight is 401 g/mol. The molecule has 0 unspecified atom stereocenters. The molecule has 2 rings (SSSR count). The van der Waals surface area contributed by atoms with Crippen LogP contribution in [0.2, 0.25) is 5.02 Å². The molecule has 1 fully saturated rings. The standard InChI is InChI=1S/C13H19BrClNO2S2/c1-2-3-9-4-6-10(7-5-9)16-20(17,18)12-8-11(15)13(14)19-12/h8-10,16H,2-7H2,1H3. The third-order valence-electron chi connectivity index (χ3n) is 3.75. The van der Waals surface area contributed by atoms with Crippen LogP contribution < -0.4 is 4.72 Å². The summed E-state index contributed by atoms with van der Waals surface area (Å²) in [6.45, 7) is 2.20. The van der Waals surface area contributed by atoms with Crippen molar-refractivity contribution in [2.24, 2.45) is 5.92 Å². The lowest BCUT2D eigenvalue weighted by molar-refractivity contribution is 0.297. The fourth-order valence-corrected chi connectivity index (χ4v) is 6.43. The van der Waals surface area contributed by atoms with Crippen molar-refractivity contribution >= 4 is 48.9 Å². The molecule has 7 heteroatoms. The normalized spacial score (nSPS) is 23.9. The molecule has 1 saturated carbocycles. The molecule has 1 aliphatic rings. The van der Waals surface area contributed by atoms with Gasteiger partial charge in [0, 0.05) is 6.04 Å². The molecule has 0 aliphatic heterocycles. The Labute approximate surface area is 138 Å². The van der Waals surface area contributed by atoms with Gasteiger partial charge in [0.05, 0.1) is 8.81 Å². The van der Waals surface area contributed by atoms with E-state index < -0.39 is 10.0 Å². The molecular weight excluding hydrogens is 382 g/mol. The molecular formula is C13H19BrClNO2S2. The molecule has 0 radical (unpaired) electrons. The first kappa shape index (κ1) is 16.7. The first-order chi connectivity index (χ1) is 9.42. The summed E-state index contributed by atoms with van der Waals surface area (Å²) in [5, 5.41) is 0.446. The largest absolute Gasteiger partial charge is 0.250 e. The molecule has 0 saturated heterocycles. The maximum absolute atomic E-state index is 12.3. The van der Waals surface area contributed by atoms with Crippen LogP contribution in [0.15, 0.2) is 14.1 Å². The molecule has 1 aliphatic carbocycles. The van der Waals surface area contributed by atoms with Crippen molar-refractivity contribution in [1.82, 2.24) is 4.72 Å². The van der Waals surface area contributed by atoms with Crippen molar-refractivity contribution in [2.75, 3.05) is 0 Å². The highest BCUT2D eigenvalue weighted by Gasteiger charge is 2.26. The van der Waals surface area contributed by atoms with Gasteiger partial charge < -0.3 is 0 Å². The molecule has 20 heavy (non-hydrogen) atoms. The summed E-state index contributed by atoms with van der Waals surface area (Å²) >= 11 is 10.3. The maximum atomic E-state index is 12.3. The zero-order chi connectivity index (χ0) is 14.8. The second-order valence-corrected chi connectivity index (χ2v) is 10.0. The summed E-state index contributed by atoms with van der Waals surface area (Å²) in [5.74, 6) is 0.770. The lowest BCUT2D eigenvalue weighted by Crippen LogP contribution is -2.37. The number of thiophene rings is 1. The van der Waals surface area contributed by atoms with Crippen LogP contribution in [0.3, 0.4) is 0 Å². The minimum Gasteiger partial charge on any atom is -0.207 e. The van der Waals surface area contributed by atoms with Crippen LogP contribution in [0.25, 0.3) is 0 Å². The number of hydrogen-bond acceptors (Lipinski definition) is 3. The van der Waals surface area contributed by atoms with Crippen LogP contribution in [0.1, 0.15) is 45.4 Å². The summed E-state index contributed by atoms with van der Waals surface area (Å²) in [4.78, 5) is 0. The highest BCUT2D eigenvalue weighted by molar-refractivity contribution is 9.11. The predicted octanol–water partition coefficient (Wildman–Crippen LogP) is 4.80. The van der Waals surface area contributed by atoms with Gasteiger partial charge in [-0.2, -0.15) is 0 Å². The summed E-state index contributed by atoms with van der Waals surface area (Å²) in [7, 11) is -3.44. The van der Waals surface area contributed by atoms with Crippen molar-refractivity contribution < 1.29 is 8.42 Å². The highest BCUT2D eigenvalue weighted by atomic mass is 79.9. The van der Waals surface area contributed by atoms with Crippen LogP contribution in [0.4, 0.5) is 0 Å². The third kappa shape index (κ3) is 4.19. The Bertz CT molecular complexity index is 531. The van der Waals surface area contributed by atoms with E-state index in [1.165, 1.54) is 18.9 Å². The number of nitrogens with one attached hydrogen (secondary N) is 1. The molecule has 3 nitrogen and oxygen atoms in total. The second kappa shape index (κ2) is 7.09. The smallest absolute Gasteiger partial charge is 0.207 e. The van der Waals surface area contributed by atoms with Gasteiger partial charge >= 0.3 is 0 Å². The quantitative estimate of drug-likeness (QED) is 0.771.